The maximum absolute atomic E-state index is 12.8. The Balaban J connectivity index is 2.11. The van der Waals surface area contributed by atoms with Crippen molar-refractivity contribution in [1.29, 1.82) is 0 Å². The number of rotatable bonds is 12. The normalized spacial score (nSPS) is 13.1. The molecule has 0 aromatic heterocycles. The van der Waals surface area contributed by atoms with Gasteiger partial charge in [0.05, 0.1) is 18.7 Å². The van der Waals surface area contributed by atoms with Crippen molar-refractivity contribution in [3.8, 4) is 0 Å². The van der Waals surface area contributed by atoms with Crippen molar-refractivity contribution < 1.29 is 19.4 Å². The van der Waals surface area contributed by atoms with Crippen LogP contribution in [0.1, 0.15) is 45.7 Å². The van der Waals surface area contributed by atoms with Crippen molar-refractivity contribution >= 4 is 6.09 Å². The zero-order valence-electron chi connectivity index (χ0n) is 21.2. The lowest BCUT2D eigenvalue weighted by Gasteiger charge is -2.33. The van der Waals surface area contributed by atoms with Crippen LogP contribution in [-0.4, -0.2) is 46.9 Å². The van der Waals surface area contributed by atoms with Crippen LogP contribution in [0.3, 0.4) is 0 Å². The minimum absolute atomic E-state index is 0.129. The topological polar surface area (TPSA) is 71.0 Å². The minimum Gasteiger partial charge on any atom is -0.475 e. The maximum atomic E-state index is 12.8. The van der Waals surface area contributed by atoms with Gasteiger partial charge in [-0.2, -0.15) is 0 Å². The Hall–Kier alpha value is -2.99. The number of nitrogens with one attached hydrogen (secondary N) is 1. The largest absolute Gasteiger partial charge is 0.475 e. The third-order valence-corrected chi connectivity index (χ3v) is 5.01. The van der Waals surface area contributed by atoms with Gasteiger partial charge >= 0.3 is 6.09 Å². The summed E-state index contributed by atoms with van der Waals surface area (Å²) in [6.45, 7) is 14.5. The van der Waals surface area contributed by atoms with Crippen molar-refractivity contribution in [3.05, 3.63) is 84.3 Å². The highest BCUT2D eigenvalue weighted by Gasteiger charge is 2.28. The first-order chi connectivity index (χ1) is 16.0. The van der Waals surface area contributed by atoms with E-state index in [1.165, 1.54) is 0 Å². The molecule has 2 aromatic rings. The minimum atomic E-state index is -0.872. The second-order valence-electron chi connectivity index (χ2n) is 9.98. The molecule has 0 bridgehead atoms. The summed E-state index contributed by atoms with van der Waals surface area (Å²) in [5.74, 6) is 0.598. The third kappa shape index (κ3) is 10.3. The quantitative estimate of drug-likeness (QED) is 0.423. The Morgan fingerprint density at radius 2 is 1.56 bits per heavy atom. The van der Waals surface area contributed by atoms with Gasteiger partial charge in [0, 0.05) is 6.54 Å². The van der Waals surface area contributed by atoms with Gasteiger partial charge in [0.1, 0.15) is 12.2 Å². The number of aliphatic hydroxyl groups is 1. The highest BCUT2D eigenvalue weighted by Crippen LogP contribution is 2.15. The molecule has 2 aromatic carbocycles. The van der Waals surface area contributed by atoms with E-state index in [9.17, 15) is 9.90 Å². The number of benzene rings is 2. The van der Waals surface area contributed by atoms with Crippen LogP contribution in [0.15, 0.2) is 73.1 Å². The molecule has 0 radical (unpaired) electrons. The van der Waals surface area contributed by atoms with Gasteiger partial charge in [0.15, 0.2) is 5.88 Å². The summed E-state index contributed by atoms with van der Waals surface area (Å²) < 4.78 is 11.4. The van der Waals surface area contributed by atoms with Crippen LogP contribution in [0, 0.1) is 5.92 Å². The second-order valence-corrected chi connectivity index (χ2v) is 9.98. The van der Waals surface area contributed by atoms with Gasteiger partial charge in [-0.05, 0) is 50.8 Å². The fourth-order valence-corrected chi connectivity index (χ4v) is 3.49. The van der Waals surface area contributed by atoms with Crippen LogP contribution in [0.25, 0.3) is 0 Å². The van der Waals surface area contributed by atoms with E-state index in [1.807, 2.05) is 95.3 Å². The average Bonchev–Trinajstić information content (AvgIpc) is 2.76. The lowest BCUT2D eigenvalue weighted by atomic mass is 10.0. The molecular weight excluding hydrogens is 428 g/mol. The van der Waals surface area contributed by atoms with E-state index >= 15 is 0 Å². The number of carbonyl (C=O) groups excluding carboxylic acids is 1. The molecule has 0 fully saturated rings. The fraction of sp³-hybridized carbons (Fsp3) is 0.464. The molecule has 2 atom stereocenters. The van der Waals surface area contributed by atoms with E-state index in [-0.39, 0.29) is 12.5 Å². The molecule has 2 N–H and O–H groups in total. The van der Waals surface area contributed by atoms with Crippen LogP contribution >= 0.6 is 0 Å². The van der Waals surface area contributed by atoms with Gasteiger partial charge in [-0.3, -0.25) is 0 Å². The summed E-state index contributed by atoms with van der Waals surface area (Å²) in [4.78, 5) is 14.4. The van der Waals surface area contributed by atoms with Crippen LogP contribution in [0.5, 0.6) is 0 Å². The Morgan fingerprint density at radius 1 is 1.00 bits per heavy atom. The van der Waals surface area contributed by atoms with E-state index < -0.39 is 23.8 Å². The summed E-state index contributed by atoms with van der Waals surface area (Å²) in [7, 11) is 0. The zero-order valence-corrected chi connectivity index (χ0v) is 21.2. The van der Waals surface area contributed by atoms with Gasteiger partial charge < -0.3 is 24.8 Å². The summed E-state index contributed by atoms with van der Waals surface area (Å²) in [5.41, 5.74) is 1.47. The zero-order chi connectivity index (χ0) is 25.1. The van der Waals surface area contributed by atoms with Crippen molar-refractivity contribution in [2.45, 2.75) is 65.4 Å². The van der Waals surface area contributed by atoms with Gasteiger partial charge in [-0.15, -0.1) is 0 Å². The number of amides is 1. The number of hydrogen-bond acceptors (Lipinski definition) is 5. The van der Waals surface area contributed by atoms with Crippen molar-refractivity contribution in [1.82, 2.24) is 10.2 Å². The number of carbonyl (C=O) groups is 1. The highest BCUT2D eigenvalue weighted by atomic mass is 16.6. The van der Waals surface area contributed by atoms with E-state index in [0.29, 0.717) is 25.5 Å². The number of aliphatic hydroxyl groups excluding tert-OH is 1. The number of ether oxygens (including phenoxy) is 2. The average molecular weight is 469 g/mol. The summed E-state index contributed by atoms with van der Waals surface area (Å²) in [6.07, 6.45) is -0.763. The lowest BCUT2D eigenvalue weighted by Crippen LogP contribution is -2.50. The molecule has 1 amide bonds. The van der Waals surface area contributed by atoms with Crippen molar-refractivity contribution in [2.75, 3.05) is 13.1 Å². The standard InChI is InChI=1S/C28H40N2O4/c1-21(2)18-30(27(32)34-28(4,5)6)19-26(31)25(17-23-13-9-7-10-14-23)29-22(3)33-20-24-15-11-8-12-16-24/h7-16,21,25-26,29,31H,3,17-20H2,1-2,4-6H3/t25-,26+/m0/s1. The van der Waals surface area contributed by atoms with Gasteiger partial charge in [0.2, 0.25) is 0 Å². The Morgan fingerprint density at radius 3 is 2.09 bits per heavy atom. The van der Waals surface area contributed by atoms with Gasteiger partial charge in [0.25, 0.3) is 0 Å². The number of hydrogen-bond donors (Lipinski definition) is 2. The van der Waals surface area contributed by atoms with Crippen LogP contribution in [-0.2, 0) is 22.5 Å². The molecular formula is C28H40N2O4. The Kier molecular flexibility index (Phi) is 10.5. The molecule has 186 valence electrons. The molecule has 34 heavy (non-hydrogen) atoms. The molecule has 0 saturated heterocycles. The van der Waals surface area contributed by atoms with E-state index in [0.717, 1.165) is 11.1 Å². The molecule has 6 heteroatoms. The summed E-state index contributed by atoms with van der Waals surface area (Å²) in [5, 5.41) is 14.5. The van der Waals surface area contributed by atoms with E-state index in [2.05, 4.69) is 11.9 Å². The van der Waals surface area contributed by atoms with Crippen LogP contribution < -0.4 is 5.32 Å². The Bertz CT molecular complexity index is 878. The van der Waals surface area contributed by atoms with Gasteiger partial charge in [-0.1, -0.05) is 74.5 Å². The number of nitrogens with zero attached hydrogens (tertiary/aromatic N) is 1. The molecule has 0 aliphatic rings. The third-order valence-electron chi connectivity index (χ3n) is 5.01. The van der Waals surface area contributed by atoms with Crippen LogP contribution in [0.4, 0.5) is 4.79 Å². The molecule has 0 spiro atoms. The van der Waals surface area contributed by atoms with E-state index in [1.54, 1.807) is 4.90 Å². The maximum Gasteiger partial charge on any atom is 0.410 e. The molecule has 2 rings (SSSR count). The van der Waals surface area contributed by atoms with Gasteiger partial charge in [-0.25, -0.2) is 4.79 Å². The molecule has 0 aliphatic carbocycles. The molecule has 0 aliphatic heterocycles. The highest BCUT2D eigenvalue weighted by molar-refractivity contribution is 5.68. The monoisotopic (exact) mass is 468 g/mol. The summed E-state index contributed by atoms with van der Waals surface area (Å²) >= 11 is 0. The SMILES string of the molecule is C=C(N[C@@H](Cc1ccccc1)[C@H](O)CN(CC(C)C)C(=O)OC(C)(C)C)OCc1ccccc1. The molecule has 0 unspecified atom stereocenters. The lowest BCUT2D eigenvalue weighted by molar-refractivity contribution is 0.00695. The first-order valence-electron chi connectivity index (χ1n) is 11.9. The van der Waals surface area contributed by atoms with E-state index in [4.69, 9.17) is 9.47 Å². The second kappa shape index (κ2) is 13.0. The van der Waals surface area contributed by atoms with Crippen molar-refractivity contribution in [3.63, 3.8) is 0 Å². The van der Waals surface area contributed by atoms with Crippen molar-refractivity contribution in [2.24, 2.45) is 5.92 Å². The molecule has 6 nitrogen and oxygen atoms in total. The predicted molar refractivity (Wildman–Crippen MR) is 136 cm³/mol. The van der Waals surface area contributed by atoms with Crippen LogP contribution in [0.2, 0.25) is 0 Å². The predicted octanol–water partition coefficient (Wildman–Crippen LogP) is 5.13. The fourth-order valence-electron chi connectivity index (χ4n) is 3.49. The molecule has 0 heterocycles. The first-order valence-corrected chi connectivity index (χ1v) is 11.9. The smallest absolute Gasteiger partial charge is 0.410 e. The Labute approximate surface area is 204 Å². The first kappa shape index (κ1) is 27.3. The molecule has 0 saturated carbocycles. The summed E-state index contributed by atoms with van der Waals surface area (Å²) in [6, 6.07) is 19.3.